The first-order chi connectivity index (χ1) is 9.36. The highest BCUT2D eigenvalue weighted by Crippen LogP contribution is 2.29. The van der Waals surface area contributed by atoms with Gasteiger partial charge in [0.25, 0.3) is 0 Å². The zero-order chi connectivity index (χ0) is 14.9. The molecule has 0 atom stereocenters. The Labute approximate surface area is 126 Å². The predicted molar refractivity (Wildman–Crippen MR) is 77.5 cm³/mol. The number of aromatic nitrogens is 1. The summed E-state index contributed by atoms with van der Waals surface area (Å²) in [4.78, 5) is 15.5. The molecule has 4 nitrogen and oxygen atoms in total. The molecule has 0 aliphatic rings. The van der Waals surface area contributed by atoms with Crippen LogP contribution in [0.5, 0.6) is 0 Å². The predicted octanol–water partition coefficient (Wildman–Crippen LogP) is 4.55. The zero-order valence-electron chi connectivity index (χ0n) is 11.0. The normalized spacial score (nSPS) is 11.1. The van der Waals surface area contributed by atoms with E-state index in [-0.39, 0.29) is 17.6 Å². The summed E-state index contributed by atoms with van der Waals surface area (Å²) in [6.45, 7) is 3.96. The third-order valence-corrected chi connectivity index (χ3v) is 3.04. The van der Waals surface area contributed by atoms with Gasteiger partial charge in [0.05, 0.1) is 5.69 Å². The minimum absolute atomic E-state index is 0.134. The van der Waals surface area contributed by atoms with Gasteiger partial charge in [-0.15, -0.1) is 0 Å². The molecule has 20 heavy (non-hydrogen) atoms. The molecular weight excluding hydrogens is 301 g/mol. The Hall–Kier alpha value is -1.52. The summed E-state index contributed by atoms with van der Waals surface area (Å²) in [6.07, 6.45) is 0.527. The number of hydrogen-bond acceptors (Lipinski definition) is 3. The number of rotatable bonds is 4. The summed E-state index contributed by atoms with van der Waals surface area (Å²) >= 11 is 11.8. The molecule has 0 aliphatic carbocycles. The number of carboxylic acids is 1. The van der Waals surface area contributed by atoms with Crippen LogP contribution in [0.3, 0.4) is 0 Å². The van der Waals surface area contributed by atoms with Gasteiger partial charge in [-0.2, -0.15) is 0 Å². The van der Waals surface area contributed by atoms with E-state index in [1.54, 1.807) is 18.2 Å². The SMILES string of the molecule is CC(C)Cc1nc(-c2cc(Cl)cc(Cl)c2)oc1C(=O)O. The standard InChI is InChI=1S/C14H13Cl2NO3/c1-7(2)3-11-12(14(18)19)20-13(17-11)8-4-9(15)6-10(16)5-8/h4-7H,3H2,1-2H3,(H,18,19). The molecular formula is C14H13Cl2NO3. The molecule has 0 saturated heterocycles. The van der Waals surface area contributed by atoms with Crippen LogP contribution >= 0.6 is 23.2 Å². The van der Waals surface area contributed by atoms with Crippen molar-refractivity contribution in [1.82, 2.24) is 4.98 Å². The lowest BCUT2D eigenvalue weighted by atomic mass is 10.1. The van der Waals surface area contributed by atoms with Gasteiger partial charge < -0.3 is 9.52 Å². The highest BCUT2D eigenvalue weighted by atomic mass is 35.5. The van der Waals surface area contributed by atoms with Gasteiger partial charge in [-0.25, -0.2) is 9.78 Å². The van der Waals surface area contributed by atoms with Gasteiger partial charge in [0, 0.05) is 15.6 Å². The monoisotopic (exact) mass is 313 g/mol. The number of nitrogens with zero attached hydrogens (tertiary/aromatic N) is 1. The Kier molecular flexibility index (Phi) is 4.35. The van der Waals surface area contributed by atoms with E-state index in [1.165, 1.54) is 0 Å². The molecule has 2 aromatic rings. The molecule has 0 radical (unpaired) electrons. The summed E-state index contributed by atoms with van der Waals surface area (Å²) in [5.74, 6) is -0.784. The fourth-order valence-corrected chi connectivity index (χ4v) is 2.37. The Balaban J connectivity index is 2.49. The van der Waals surface area contributed by atoms with Crippen molar-refractivity contribution in [2.45, 2.75) is 20.3 Å². The summed E-state index contributed by atoms with van der Waals surface area (Å²) in [5, 5.41) is 10.0. The maximum absolute atomic E-state index is 11.2. The van der Waals surface area contributed by atoms with Crippen molar-refractivity contribution in [2.75, 3.05) is 0 Å². The summed E-state index contributed by atoms with van der Waals surface area (Å²) < 4.78 is 5.35. The molecule has 0 saturated carbocycles. The largest absolute Gasteiger partial charge is 0.475 e. The molecule has 0 unspecified atom stereocenters. The van der Waals surface area contributed by atoms with Gasteiger partial charge in [0.1, 0.15) is 0 Å². The van der Waals surface area contributed by atoms with Crippen LogP contribution in [0.15, 0.2) is 22.6 Å². The second-order valence-electron chi connectivity index (χ2n) is 4.86. The van der Waals surface area contributed by atoms with Crippen LogP contribution in [-0.2, 0) is 6.42 Å². The van der Waals surface area contributed by atoms with Gasteiger partial charge >= 0.3 is 5.97 Å². The molecule has 106 valence electrons. The van der Waals surface area contributed by atoms with E-state index in [2.05, 4.69) is 4.98 Å². The highest BCUT2D eigenvalue weighted by Gasteiger charge is 2.21. The molecule has 1 N–H and O–H groups in total. The number of benzene rings is 1. The maximum Gasteiger partial charge on any atom is 0.373 e. The molecule has 1 heterocycles. The van der Waals surface area contributed by atoms with Crippen molar-refractivity contribution >= 4 is 29.2 Å². The van der Waals surface area contributed by atoms with Crippen molar-refractivity contribution in [2.24, 2.45) is 5.92 Å². The van der Waals surface area contributed by atoms with Crippen LogP contribution in [0, 0.1) is 5.92 Å². The number of aromatic carboxylic acids is 1. The third kappa shape index (κ3) is 3.32. The fraction of sp³-hybridized carbons (Fsp3) is 0.286. The number of oxazole rings is 1. The van der Waals surface area contributed by atoms with E-state index >= 15 is 0 Å². The number of carbonyl (C=O) groups is 1. The lowest BCUT2D eigenvalue weighted by Crippen LogP contribution is -2.03. The Morgan fingerprint density at radius 2 is 1.90 bits per heavy atom. The smallest absolute Gasteiger partial charge is 0.373 e. The highest BCUT2D eigenvalue weighted by molar-refractivity contribution is 6.35. The Bertz CT molecular complexity index is 630. The van der Waals surface area contributed by atoms with Crippen LogP contribution in [0.1, 0.15) is 30.1 Å². The molecule has 6 heteroatoms. The van der Waals surface area contributed by atoms with Gasteiger partial charge in [0.2, 0.25) is 11.7 Å². The van der Waals surface area contributed by atoms with Crippen molar-refractivity contribution < 1.29 is 14.3 Å². The summed E-state index contributed by atoms with van der Waals surface area (Å²) in [6, 6.07) is 4.84. The van der Waals surface area contributed by atoms with Gasteiger partial charge in [-0.1, -0.05) is 37.0 Å². The van der Waals surface area contributed by atoms with Crippen molar-refractivity contribution in [3.8, 4) is 11.5 Å². The number of hydrogen-bond donors (Lipinski definition) is 1. The molecule has 2 rings (SSSR count). The van der Waals surface area contributed by atoms with Gasteiger partial charge in [-0.05, 0) is 30.5 Å². The quantitative estimate of drug-likeness (QED) is 0.899. The van der Waals surface area contributed by atoms with E-state index in [0.29, 0.717) is 27.7 Å². The number of halogens is 2. The molecule has 0 aliphatic heterocycles. The fourth-order valence-electron chi connectivity index (χ4n) is 1.84. The van der Waals surface area contributed by atoms with Gasteiger partial charge in [0.15, 0.2) is 0 Å². The average Bonchev–Trinajstić information content (AvgIpc) is 2.70. The number of carboxylic acid groups (broad SMARTS) is 1. The topological polar surface area (TPSA) is 63.3 Å². The molecule has 1 aromatic heterocycles. The first kappa shape index (κ1) is 14.9. The average molecular weight is 314 g/mol. The van der Waals surface area contributed by atoms with Gasteiger partial charge in [-0.3, -0.25) is 0 Å². The first-order valence-corrected chi connectivity index (χ1v) is 6.82. The van der Waals surface area contributed by atoms with Crippen molar-refractivity contribution in [3.05, 3.63) is 39.7 Å². The van der Waals surface area contributed by atoms with E-state index < -0.39 is 5.97 Å². The molecule has 0 bridgehead atoms. The van der Waals surface area contributed by atoms with Crippen LogP contribution in [0.4, 0.5) is 0 Å². The van der Waals surface area contributed by atoms with E-state index in [1.807, 2.05) is 13.8 Å². The van der Waals surface area contributed by atoms with E-state index in [0.717, 1.165) is 0 Å². The molecule has 0 amide bonds. The van der Waals surface area contributed by atoms with E-state index in [9.17, 15) is 4.79 Å². The summed E-state index contributed by atoms with van der Waals surface area (Å²) in [7, 11) is 0. The molecule has 0 fully saturated rings. The molecule has 1 aromatic carbocycles. The Morgan fingerprint density at radius 3 is 2.40 bits per heavy atom. The lowest BCUT2D eigenvalue weighted by Gasteiger charge is -2.00. The third-order valence-electron chi connectivity index (χ3n) is 2.60. The second-order valence-corrected chi connectivity index (χ2v) is 5.73. The van der Waals surface area contributed by atoms with Crippen LogP contribution < -0.4 is 0 Å². The second kappa shape index (κ2) is 5.85. The molecule has 0 spiro atoms. The van der Waals surface area contributed by atoms with Crippen LogP contribution in [-0.4, -0.2) is 16.1 Å². The zero-order valence-corrected chi connectivity index (χ0v) is 12.5. The first-order valence-electron chi connectivity index (χ1n) is 6.06. The minimum atomic E-state index is -1.13. The van der Waals surface area contributed by atoms with Crippen LogP contribution in [0.25, 0.3) is 11.5 Å². The minimum Gasteiger partial charge on any atom is -0.475 e. The Morgan fingerprint density at radius 1 is 1.30 bits per heavy atom. The van der Waals surface area contributed by atoms with E-state index in [4.69, 9.17) is 32.7 Å². The van der Waals surface area contributed by atoms with Crippen molar-refractivity contribution in [1.29, 1.82) is 0 Å². The lowest BCUT2D eigenvalue weighted by molar-refractivity contribution is 0.0661. The maximum atomic E-state index is 11.2. The summed E-state index contributed by atoms with van der Waals surface area (Å²) in [5.41, 5.74) is 0.985. The van der Waals surface area contributed by atoms with Crippen LogP contribution in [0.2, 0.25) is 10.0 Å². The van der Waals surface area contributed by atoms with Crippen molar-refractivity contribution in [3.63, 3.8) is 0 Å².